The number of furan rings is 1. The molecule has 0 radical (unpaired) electrons. The molecule has 0 saturated heterocycles. The lowest BCUT2D eigenvalue weighted by atomic mass is 10.0. The van der Waals surface area contributed by atoms with Gasteiger partial charge in [-0.1, -0.05) is 18.2 Å². The number of carbonyl (C=O) groups excluding carboxylic acids is 1. The van der Waals surface area contributed by atoms with E-state index in [0.717, 1.165) is 33.2 Å². The monoisotopic (exact) mass is 294 g/mol. The Morgan fingerprint density at radius 3 is 2.45 bits per heavy atom. The predicted octanol–water partition coefficient (Wildman–Crippen LogP) is 4.31. The Hall–Kier alpha value is -2.62. The summed E-state index contributed by atoms with van der Waals surface area (Å²) in [6, 6.07) is 7.79. The third-order valence-electron chi connectivity index (χ3n) is 3.93. The molecule has 0 aliphatic carbocycles. The van der Waals surface area contributed by atoms with E-state index in [2.05, 4.69) is 10.3 Å². The number of carbonyl (C=O) groups is 1. The van der Waals surface area contributed by atoms with E-state index < -0.39 is 0 Å². The molecular formula is C18H18N2O2. The molecule has 0 saturated carbocycles. The zero-order valence-electron chi connectivity index (χ0n) is 13.2. The summed E-state index contributed by atoms with van der Waals surface area (Å²) in [4.78, 5) is 16.7. The molecule has 1 aromatic carbocycles. The van der Waals surface area contributed by atoms with Gasteiger partial charge in [0.1, 0.15) is 11.4 Å². The molecule has 0 spiro atoms. The Morgan fingerprint density at radius 2 is 1.77 bits per heavy atom. The first-order valence-electron chi connectivity index (χ1n) is 7.21. The van der Waals surface area contributed by atoms with E-state index in [-0.39, 0.29) is 5.91 Å². The number of aromatic nitrogens is 1. The van der Waals surface area contributed by atoms with Gasteiger partial charge >= 0.3 is 0 Å². The number of fused-ring (bicyclic) bond motifs is 1. The lowest BCUT2D eigenvalue weighted by molar-refractivity contribution is 0.0997. The van der Waals surface area contributed by atoms with Crippen LogP contribution in [0.4, 0.5) is 5.82 Å². The highest BCUT2D eigenvalue weighted by atomic mass is 16.3. The second-order valence-electron chi connectivity index (χ2n) is 5.58. The first-order chi connectivity index (χ1) is 10.5. The molecule has 3 rings (SSSR count). The Balaban J connectivity index is 2.05. The van der Waals surface area contributed by atoms with E-state index in [4.69, 9.17) is 4.42 Å². The number of nitrogens with zero attached hydrogens (tertiary/aromatic N) is 1. The quantitative estimate of drug-likeness (QED) is 0.766. The summed E-state index contributed by atoms with van der Waals surface area (Å²) in [5.74, 6) is 0.632. The molecule has 4 nitrogen and oxygen atoms in total. The first kappa shape index (κ1) is 14.3. The van der Waals surface area contributed by atoms with Crippen LogP contribution in [-0.4, -0.2) is 10.9 Å². The van der Waals surface area contributed by atoms with Crippen molar-refractivity contribution in [2.24, 2.45) is 0 Å². The van der Waals surface area contributed by atoms with Gasteiger partial charge in [0.05, 0.1) is 0 Å². The minimum atomic E-state index is -0.269. The van der Waals surface area contributed by atoms with Gasteiger partial charge in [-0.15, -0.1) is 0 Å². The molecule has 2 heterocycles. The van der Waals surface area contributed by atoms with E-state index in [9.17, 15) is 4.79 Å². The number of nitrogens with one attached hydrogen (secondary N) is 1. The molecule has 112 valence electrons. The van der Waals surface area contributed by atoms with Crippen molar-refractivity contribution >= 4 is 22.7 Å². The van der Waals surface area contributed by atoms with Gasteiger partial charge in [-0.05, 0) is 50.5 Å². The molecule has 0 aliphatic heterocycles. The standard InChI is InChI=1S/C18H18N2O2/c1-10-7-8-11(2)15-14(10)13(4)16(22-15)18(21)20-17-12(3)6-5-9-19-17/h5-9H,1-4H3,(H,19,20,21). The largest absolute Gasteiger partial charge is 0.450 e. The van der Waals surface area contributed by atoms with Gasteiger partial charge in [0.2, 0.25) is 0 Å². The van der Waals surface area contributed by atoms with E-state index in [1.807, 2.05) is 52.0 Å². The SMILES string of the molecule is Cc1cccnc1NC(=O)c1oc2c(C)ccc(C)c2c1C. The van der Waals surface area contributed by atoms with Crippen molar-refractivity contribution in [1.29, 1.82) is 0 Å². The van der Waals surface area contributed by atoms with Crippen LogP contribution in [0.15, 0.2) is 34.9 Å². The van der Waals surface area contributed by atoms with E-state index in [1.165, 1.54) is 0 Å². The van der Waals surface area contributed by atoms with Gasteiger partial charge in [-0.25, -0.2) is 4.98 Å². The van der Waals surface area contributed by atoms with Crippen molar-refractivity contribution < 1.29 is 9.21 Å². The minimum Gasteiger partial charge on any atom is -0.450 e. The van der Waals surface area contributed by atoms with E-state index in [0.29, 0.717) is 11.6 Å². The highest BCUT2D eigenvalue weighted by Crippen LogP contribution is 2.31. The average Bonchev–Trinajstić information content (AvgIpc) is 2.84. The van der Waals surface area contributed by atoms with Crippen LogP contribution >= 0.6 is 0 Å². The van der Waals surface area contributed by atoms with Crippen LogP contribution in [0, 0.1) is 27.7 Å². The highest BCUT2D eigenvalue weighted by Gasteiger charge is 2.20. The second kappa shape index (κ2) is 5.30. The smallest absolute Gasteiger partial charge is 0.292 e. The number of hydrogen-bond donors (Lipinski definition) is 1. The topological polar surface area (TPSA) is 55.1 Å². The Labute approximate surface area is 129 Å². The lowest BCUT2D eigenvalue weighted by Gasteiger charge is -2.05. The van der Waals surface area contributed by atoms with Crippen molar-refractivity contribution in [3.63, 3.8) is 0 Å². The Kier molecular flexibility index (Phi) is 3.45. The maximum atomic E-state index is 12.5. The number of amides is 1. The molecule has 1 amide bonds. The van der Waals surface area contributed by atoms with E-state index in [1.54, 1.807) is 6.20 Å². The predicted molar refractivity (Wildman–Crippen MR) is 87.4 cm³/mol. The van der Waals surface area contributed by atoms with Gasteiger partial charge in [-0.2, -0.15) is 0 Å². The lowest BCUT2D eigenvalue weighted by Crippen LogP contribution is -2.14. The zero-order valence-corrected chi connectivity index (χ0v) is 13.2. The highest BCUT2D eigenvalue weighted by molar-refractivity contribution is 6.07. The fraction of sp³-hybridized carbons (Fsp3) is 0.222. The normalized spacial score (nSPS) is 10.9. The average molecular weight is 294 g/mol. The molecule has 0 fully saturated rings. The summed E-state index contributed by atoms with van der Waals surface area (Å²) in [6.07, 6.45) is 1.66. The number of benzene rings is 1. The number of anilines is 1. The number of pyridine rings is 1. The summed E-state index contributed by atoms with van der Waals surface area (Å²) >= 11 is 0. The summed E-state index contributed by atoms with van der Waals surface area (Å²) < 4.78 is 5.84. The molecular weight excluding hydrogens is 276 g/mol. The molecule has 0 unspecified atom stereocenters. The zero-order chi connectivity index (χ0) is 15.9. The van der Waals surface area contributed by atoms with Crippen LogP contribution in [0.1, 0.15) is 32.8 Å². The third kappa shape index (κ3) is 2.26. The Bertz CT molecular complexity index is 878. The second-order valence-corrected chi connectivity index (χ2v) is 5.58. The van der Waals surface area contributed by atoms with Gasteiger partial charge in [0, 0.05) is 17.1 Å². The molecule has 4 heteroatoms. The van der Waals surface area contributed by atoms with Crippen LogP contribution in [0.2, 0.25) is 0 Å². The van der Waals surface area contributed by atoms with Crippen molar-refractivity contribution in [2.75, 3.05) is 5.32 Å². The number of hydrogen-bond acceptors (Lipinski definition) is 3. The maximum absolute atomic E-state index is 12.5. The van der Waals surface area contributed by atoms with Gasteiger partial charge in [-0.3, -0.25) is 4.79 Å². The Morgan fingerprint density at radius 1 is 1.05 bits per heavy atom. The van der Waals surface area contributed by atoms with Gasteiger partial charge < -0.3 is 9.73 Å². The maximum Gasteiger partial charge on any atom is 0.292 e. The summed E-state index contributed by atoms with van der Waals surface area (Å²) in [5.41, 5.74) is 4.69. The fourth-order valence-electron chi connectivity index (χ4n) is 2.67. The van der Waals surface area contributed by atoms with Crippen molar-refractivity contribution in [1.82, 2.24) is 4.98 Å². The third-order valence-corrected chi connectivity index (χ3v) is 3.93. The first-order valence-corrected chi connectivity index (χ1v) is 7.21. The molecule has 0 bridgehead atoms. The van der Waals surface area contributed by atoms with Crippen molar-refractivity contribution in [3.05, 3.63) is 58.5 Å². The molecule has 0 aliphatic rings. The molecule has 2 aromatic heterocycles. The number of aryl methyl sites for hydroxylation is 4. The fourth-order valence-corrected chi connectivity index (χ4v) is 2.67. The summed E-state index contributed by atoms with van der Waals surface area (Å²) in [6.45, 7) is 7.82. The van der Waals surface area contributed by atoms with Gasteiger partial charge in [0.15, 0.2) is 5.76 Å². The molecule has 3 aromatic rings. The van der Waals surface area contributed by atoms with Crippen LogP contribution in [0.25, 0.3) is 11.0 Å². The summed E-state index contributed by atoms with van der Waals surface area (Å²) in [5, 5.41) is 3.84. The molecule has 0 atom stereocenters. The van der Waals surface area contributed by atoms with E-state index >= 15 is 0 Å². The summed E-state index contributed by atoms with van der Waals surface area (Å²) in [7, 11) is 0. The van der Waals surface area contributed by atoms with Crippen molar-refractivity contribution in [2.45, 2.75) is 27.7 Å². The van der Waals surface area contributed by atoms with Crippen molar-refractivity contribution in [3.8, 4) is 0 Å². The van der Waals surface area contributed by atoms with Crippen LogP contribution < -0.4 is 5.32 Å². The van der Waals surface area contributed by atoms with Gasteiger partial charge in [0.25, 0.3) is 5.91 Å². The molecule has 1 N–H and O–H groups in total. The van der Waals surface area contributed by atoms with Crippen LogP contribution in [0.5, 0.6) is 0 Å². The molecule has 22 heavy (non-hydrogen) atoms. The number of rotatable bonds is 2. The van der Waals surface area contributed by atoms with Crippen LogP contribution in [-0.2, 0) is 0 Å². The van der Waals surface area contributed by atoms with Crippen LogP contribution in [0.3, 0.4) is 0 Å². The minimum absolute atomic E-state index is 0.269.